The van der Waals surface area contributed by atoms with E-state index < -0.39 is 0 Å². The number of carbonyl (C=O) groups excluding carboxylic acids is 1. The van der Waals surface area contributed by atoms with Gasteiger partial charge in [0.25, 0.3) is 0 Å². The normalized spacial score (nSPS) is 18.2. The van der Waals surface area contributed by atoms with Crippen LogP contribution in [0.25, 0.3) is 0 Å². The van der Waals surface area contributed by atoms with Crippen LogP contribution in [0.4, 0.5) is 0 Å². The molecule has 1 aliphatic rings. The summed E-state index contributed by atoms with van der Waals surface area (Å²) in [5.74, 6) is 1.90. The fraction of sp³-hybridized carbons (Fsp3) is 0.706. The lowest BCUT2D eigenvalue weighted by Crippen LogP contribution is -2.44. The minimum Gasteiger partial charge on any atom is -0.465 e. The highest BCUT2D eigenvalue weighted by molar-refractivity contribution is 5.76. The SMILES string of the molecule is Cc1ccc(C(CNC(=O)CC(C)(C)C)N2CCOCC2)o1. The van der Waals surface area contributed by atoms with Gasteiger partial charge in [0.2, 0.25) is 5.91 Å². The van der Waals surface area contributed by atoms with E-state index in [0.717, 1.165) is 37.8 Å². The van der Waals surface area contributed by atoms with Crippen molar-refractivity contribution in [3.63, 3.8) is 0 Å². The van der Waals surface area contributed by atoms with Crippen LogP contribution in [-0.4, -0.2) is 43.7 Å². The van der Waals surface area contributed by atoms with Gasteiger partial charge in [-0.2, -0.15) is 0 Å². The molecule has 0 radical (unpaired) electrons. The minimum absolute atomic E-state index is 0.000184. The third kappa shape index (κ3) is 5.14. The summed E-state index contributed by atoms with van der Waals surface area (Å²) in [6.07, 6.45) is 0.528. The highest BCUT2D eigenvalue weighted by Gasteiger charge is 2.26. The van der Waals surface area contributed by atoms with Crippen molar-refractivity contribution in [1.29, 1.82) is 0 Å². The fourth-order valence-corrected chi connectivity index (χ4v) is 2.69. The van der Waals surface area contributed by atoms with E-state index in [1.807, 2.05) is 19.1 Å². The maximum Gasteiger partial charge on any atom is 0.220 e. The van der Waals surface area contributed by atoms with Crippen LogP contribution in [0, 0.1) is 12.3 Å². The second kappa shape index (κ2) is 7.29. The third-order valence-corrected chi connectivity index (χ3v) is 3.76. The number of carbonyl (C=O) groups is 1. The molecular formula is C17H28N2O3. The Bertz CT molecular complexity index is 484. The van der Waals surface area contributed by atoms with Gasteiger partial charge in [0.1, 0.15) is 11.5 Å². The predicted octanol–water partition coefficient (Wildman–Crippen LogP) is 2.51. The smallest absolute Gasteiger partial charge is 0.220 e. The number of nitrogens with zero attached hydrogens (tertiary/aromatic N) is 1. The molecule has 124 valence electrons. The molecule has 1 fully saturated rings. The van der Waals surface area contributed by atoms with Crippen molar-refractivity contribution in [3.8, 4) is 0 Å². The summed E-state index contributed by atoms with van der Waals surface area (Å²) in [6.45, 7) is 11.9. The Hall–Kier alpha value is -1.33. The molecule has 1 saturated heterocycles. The number of amides is 1. The van der Waals surface area contributed by atoms with Gasteiger partial charge in [0.05, 0.1) is 19.3 Å². The molecule has 1 aliphatic heterocycles. The topological polar surface area (TPSA) is 54.7 Å². The van der Waals surface area contributed by atoms with Crippen molar-refractivity contribution >= 4 is 5.91 Å². The maximum atomic E-state index is 12.1. The number of hydrogen-bond donors (Lipinski definition) is 1. The Balaban J connectivity index is 2.00. The summed E-state index contributed by atoms with van der Waals surface area (Å²) in [5.41, 5.74) is -0.000184. The molecule has 2 heterocycles. The van der Waals surface area contributed by atoms with Crippen molar-refractivity contribution in [1.82, 2.24) is 10.2 Å². The largest absolute Gasteiger partial charge is 0.465 e. The van der Waals surface area contributed by atoms with Gasteiger partial charge in [-0.05, 0) is 24.5 Å². The van der Waals surface area contributed by atoms with E-state index >= 15 is 0 Å². The maximum absolute atomic E-state index is 12.1. The standard InChI is InChI=1S/C17H28N2O3/c1-13-5-6-15(22-13)14(19-7-9-21-10-8-19)12-18-16(20)11-17(2,3)4/h5-6,14H,7-12H2,1-4H3,(H,18,20). The lowest BCUT2D eigenvalue weighted by molar-refractivity contribution is -0.123. The molecule has 1 amide bonds. The van der Waals surface area contributed by atoms with Gasteiger partial charge < -0.3 is 14.5 Å². The van der Waals surface area contributed by atoms with Crippen LogP contribution in [0.2, 0.25) is 0 Å². The Kier molecular flexibility index (Phi) is 5.64. The summed E-state index contributed by atoms with van der Waals surface area (Å²) in [4.78, 5) is 14.4. The van der Waals surface area contributed by atoms with Gasteiger partial charge in [0, 0.05) is 26.1 Å². The van der Waals surface area contributed by atoms with Crippen LogP contribution < -0.4 is 5.32 Å². The molecule has 0 aliphatic carbocycles. The first-order valence-corrected chi connectivity index (χ1v) is 8.00. The molecule has 5 heteroatoms. The van der Waals surface area contributed by atoms with Gasteiger partial charge in [-0.1, -0.05) is 20.8 Å². The van der Waals surface area contributed by atoms with E-state index in [9.17, 15) is 4.79 Å². The molecule has 5 nitrogen and oxygen atoms in total. The molecule has 0 bridgehead atoms. The first-order chi connectivity index (χ1) is 10.3. The average Bonchev–Trinajstić information content (AvgIpc) is 2.85. The summed E-state index contributed by atoms with van der Waals surface area (Å²) >= 11 is 0. The lowest BCUT2D eigenvalue weighted by Gasteiger charge is -2.33. The van der Waals surface area contributed by atoms with Crippen LogP contribution in [0.3, 0.4) is 0 Å². The van der Waals surface area contributed by atoms with Crippen LogP contribution >= 0.6 is 0 Å². The highest BCUT2D eigenvalue weighted by atomic mass is 16.5. The first-order valence-electron chi connectivity index (χ1n) is 8.00. The monoisotopic (exact) mass is 308 g/mol. The Morgan fingerprint density at radius 3 is 2.55 bits per heavy atom. The lowest BCUT2D eigenvalue weighted by atomic mass is 9.92. The number of rotatable bonds is 5. The van der Waals surface area contributed by atoms with Gasteiger partial charge in [-0.3, -0.25) is 9.69 Å². The predicted molar refractivity (Wildman–Crippen MR) is 85.7 cm³/mol. The van der Waals surface area contributed by atoms with E-state index in [1.54, 1.807) is 0 Å². The molecule has 0 aromatic carbocycles. The molecule has 22 heavy (non-hydrogen) atoms. The van der Waals surface area contributed by atoms with E-state index in [0.29, 0.717) is 13.0 Å². The highest BCUT2D eigenvalue weighted by Crippen LogP contribution is 2.24. The second-order valence-electron chi connectivity index (χ2n) is 7.15. The first kappa shape index (κ1) is 17.0. The summed E-state index contributed by atoms with van der Waals surface area (Å²) < 4.78 is 11.2. The van der Waals surface area contributed by atoms with Gasteiger partial charge in [0.15, 0.2) is 0 Å². The van der Waals surface area contributed by atoms with Gasteiger partial charge in [-0.25, -0.2) is 0 Å². The van der Waals surface area contributed by atoms with E-state index in [1.165, 1.54) is 0 Å². The van der Waals surface area contributed by atoms with Crippen molar-refractivity contribution in [2.45, 2.75) is 40.2 Å². The molecule has 1 aromatic rings. The van der Waals surface area contributed by atoms with Crippen molar-refractivity contribution in [2.75, 3.05) is 32.8 Å². The van der Waals surface area contributed by atoms with E-state index in [4.69, 9.17) is 9.15 Å². The summed E-state index contributed by atoms with van der Waals surface area (Å²) in [5, 5.41) is 3.06. The van der Waals surface area contributed by atoms with E-state index in [-0.39, 0.29) is 17.4 Å². The molecule has 2 rings (SSSR count). The number of furan rings is 1. The van der Waals surface area contributed by atoms with Crippen molar-refractivity contribution < 1.29 is 13.9 Å². The quantitative estimate of drug-likeness (QED) is 0.908. The zero-order chi connectivity index (χ0) is 16.2. The van der Waals surface area contributed by atoms with Crippen LogP contribution in [0.1, 0.15) is 44.8 Å². The fourth-order valence-electron chi connectivity index (χ4n) is 2.69. The molecular weight excluding hydrogens is 280 g/mol. The Morgan fingerprint density at radius 1 is 1.32 bits per heavy atom. The zero-order valence-electron chi connectivity index (χ0n) is 14.1. The number of hydrogen-bond acceptors (Lipinski definition) is 4. The van der Waals surface area contributed by atoms with Gasteiger partial charge >= 0.3 is 0 Å². The molecule has 1 atom stereocenters. The average molecular weight is 308 g/mol. The second-order valence-corrected chi connectivity index (χ2v) is 7.15. The molecule has 0 saturated carbocycles. The van der Waals surface area contributed by atoms with Crippen molar-refractivity contribution in [3.05, 3.63) is 23.7 Å². The van der Waals surface area contributed by atoms with Crippen LogP contribution in [0.15, 0.2) is 16.5 Å². The minimum atomic E-state index is -0.000184. The summed E-state index contributed by atoms with van der Waals surface area (Å²) in [6, 6.07) is 4.05. The van der Waals surface area contributed by atoms with Crippen LogP contribution in [0.5, 0.6) is 0 Å². The van der Waals surface area contributed by atoms with Gasteiger partial charge in [-0.15, -0.1) is 0 Å². The van der Waals surface area contributed by atoms with Crippen LogP contribution in [-0.2, 0) is 9.53 Å². The summed E-state index contributed by atoms with van der Waals surface area (Å²) in [7, 11) is 0. The van der Waals surface area contributed by atoms with Crippen molar-refractivity contribution in [2.24, 2.45) is 5.41 Å². The number of morpholine rings is 1. The number of ether oxygens (including phenoxy) is 1. The molecule has 0 spiro atoms. The molecule has 1 N–H and O–H groups in total. The number of aryl methyl sites for hydroxylation is 1. The molecule has 1 unspecified atom stereocenters. The van der Waals surface area contributed by atoms with E-state index in [2.05, 4.69) is 31.0 Å². The number of nitrogens with one attached hydrogen (secondary N) is 1. The third-order valence-electron chi connectivity index (χ3n) is 3.76. The zero-order valence-corrected chi connectivity index (χ0v) is 14.1. The Morgan fingerprint density at radius 2 is 2.00 bits per heavy atom. The molecule has 1 aromatic heterocycles. The Labute approximate surface area is 133 Å².